The molecule has 2 aromatic heterocycles. The molecule has 1 aliphatic carbocycles. The molecule has 9 heteroatoms. The van der Waals surface area contributed by atoms with Crippen LogP contribution in [0.5, 0.6) is 0 Å². The van der Waals surface area contributed by atoms with Gasteiger partial charge < -0.3 is 19.5 Å². The number of benzene rings is 2. The highest BCUT2D eigenvalue weighted by molar-refractivity contribution is 5.89. The normalized spacial score (nSPS) is 17.0. The van der Waals surface area contributed by atoms with Crippen molar-refractivity contribution in [1.29, 1.82) is 0 Å². The van der Waals surface area contributed by atoms with Gasteiger partial charge in [-0.05, 0) is 87.9 Å². The van der Waals surface area contributed by atoms with Gasteiger partial charge in [0.15, 0.2) is 5.82 Å². The van der Waals surface area contributed by atoms with E-state index >= 15 is 0 Å². The molecule has 4 aromatic rings. The summed E-state index contributed by atoms with van der Waals surface area (Å²) in [5.74, 6) is 2.17. The van der Waals surface area contributed by atoms with Crippen LogP contribution in [0.3, 0.4) is 0 Å². The molecule has 5 radical (unpaired) electrons. The fourth-order valence-electron chi connectivity index (χ4n) is 6.07. The third-order valence-corrected chi connectivity index (χ3v) is 8.28. The zero-order chi connectivity index (χ0) is 29.6. The van der Waals surface area contributed by atoms with E-state index in [2.05, 4.69) is 81.5 Å². The molecule has 1 saturated heterocycles. The minimum Gasteiger partial charge on any atom is -0.368 e. The Morgan fingerprint density at radius 3 is 2.44 bits per heavy atom. The summed E-state index contributed by atoms with van der Waals surface area (Å²) in [5.41, 5.74) is 6.40. The maximum absolute atomic E-state index is 11.2. The number of hydrogen-bond donors (Lipinski definition) is 1. The van der Waals surface area contributed by atoms with E-state index in [0.29, 0.717) is 12.1 Å². The molecule has 3 heterocycles. The average molecular weight is 577 g/mol. The van der Waals surface area contributed by atoms with Crippen LogP contribution in [0.4, 0.5) is 11.5 Å². The number of rotatable bonds is 12. The zero-order valence-corrected chi connectivity index (χ0v) is 24.7. The second-order valence-corrected chi connectivity index (χ2v) is 11.2. The first-order valence-electron chi connectivity index (χ1n) is 15.1. The van der Waals surface area contributed by atoms with Crippen molar-refractivity contribution < 1.29 is 4.92 Å². The number of nitro benzene ring substituents is 1. The molecule has 0 amide bonds. The molecule has 1 N–H and O–H groups in total. The van der Waals surface area contributed by atoms with Crippen LogP contribution in [0, 0.1) is 48.6 Å². The van der Waals surface area contributed by atoms with E-state index in [1.165, 1.54) is 23.1 Å². The summed E-state index contributed by atoms with van der Waals surface area (Å²) in [6.07, 6.45) is 14.4. The van der Waals surface area contributed by atoms with E-state index in [1.54, 1.807) is 24.4 Å². The fraction of sp³-hybridized carbons (Fsp3) is 0.324. The predicted molar refractivity (Wildman–Crippen MR) is 173 cm³/mol. The van der Waals surface area contributed by atoms with Gasteiger partial charge in [0.25, 0.3) is 5.69 Å². The number of aliphatic imine (C=N–C) groups is 1. The first-order chi connectivity index (χ1) is 21.1. The molecule has 0 atom stereocenters. The van der Waals surface area contributed by atoms with Gasteiger partial charge in [0.1, 0.15) is 0 Å². The second-order valence-electron chi connectivity index (χ2n) is 11.2. The Morgan fingerprint density at radius 1 is 0.977 bits per heavy atom. The zero-order valence-electron chi connectivity index (χ0n) is 24.7. The number of nitrogens with zero attached hydrogens (tertiary/aromatic N) is 6. The van der Waals surface area contributed by atoms with Crippen molar-refractivity contribution in [3.05, 3.63) is 113 Å². The number of nitrogens with one attached hydrogen (secondary N) is 1. The van der Waals surface area contributed by atoms with Gasteiger partial charge in [-0.25, -0.2) is 4.98 Å². The van der Waals surface area contributed by atoms with Crippen LogP contribution in [0.15, 0.2) is 59.7 Å². The molecule has 2 aliphatic rings. The number of hydrogen-bond acceptors (Lipinski definition) is 7. The summed E-state index contributed by atoms with van der Waals surface area (Å²) in [6, 6.07) is 15.1. The van der Waals surface area contributed by atoms with Crippen LogP contribution < -0.4 is 5.32 Å². The Hall–Kier alpha value is -3.82. The number of anilines is 1. The Bertz CT molecular complexity index is 1580. The molecule has 2 aromatic carbocycles. The quantitative estimate of drug-likeness (QED) is 0.105. The van der Waals surface area contributed by atoms with Gasteiger partial charge in [-0.3, -0.25) is 15.1 Å². The number of nitro groups is 1. The molecule has 0 bridgehead atoms. The number of fused-ring (bicyclic) bond motifs is 3. The lowest BCUT2D eigenvalue weighted by Gasteiger charge is -2.34. The van der Waals surface area contributed by atoms with Gasteiger partial charge in [-0.15, -0.1) is 0 Å². The lowest BCUT2D eigenvalue weighted by molar-refractivity contribution is -0.385. The van der Waals surface area contributed by atoms with Crippen LogP contribution in [0.1, 0.15) is 29.5 Å². The average Bonchev–Trinajstić information content (AvgIpc) is 3.67. The molecule has 6 rings (SSSR count). The minimum absolute atomic E-state index is 0.0991. The van der Waals surface area contributed by atoms with Crippen molar-refractivity contribution in [3.8, 4) is 0 Å². The number of aryl methyl sites for hydroxylation is 1. The molecule has 9 nitrogen and oxygen atoms in total. The van der Waals surface area contributed by atoms with Gasteiger partial charge in [-0.1, -0.05) is 24.3 Å². The standard InChI is InChI=1S/C34H38N7O2/c1-26-25-40-31-15-7-5-13-29(31)37-34(33(40)32(26)27-10-2-3-11-27)36-17-9-19-39-22-20-38(21-23-39)18-8-16-35-24-28-12-4-6-14-30(28)41(42)43/h2-7,10-15,24-25H,8-9,16-23H2,1H3,(H,36,37). The minimum atomic E-state index is -0.360. The molecular formula is C34H38N7O2. The molecule has 1 saturated carbocycles. The largest absolute Gasteiger partial charge is 0.368 e. The van der Waals surface area contributed by atoms with Crippen LogP contribution >= 0.6 is 0 Å². The molecule has 221 valence electrons. The topological polar surface area (TPSA) is 91.3 Å². The molecule has 43 heavy (non-hydrogen) atoms. The first kappa shape index (κ1) is 29.3. The first-order valence-corrected chi connectivity index (χ1v) is 15.1. The van der Waals surface area contributed by atoms with E-state index in [9.17, 15) is 10.1 Å². The maximum atomic E-state index is 11.2. The molecule has 1 aliphatic heterocycles. The lowest BCUT2D eigenvalue weighted by Crippen LogP contribution is -2.47. The number of para-hydroxylation sites is 3. The molecule has 2 fully saturated rings. The summed E-state index contributed by atoms with van der Waals surface area (Å²) < 4.78 is 2.29. The Labute approximate surface area is 253 Å². The van der Waals surface area contributed by atoms with Crippen molar-refractivity contribution in [1.82, 2.24) is 19.2 Å². The summed E-state index contributed by atoms with van der Waals surface area (Å²) in [4.78, 5) is 25.3. The van der Waals surface area contributed by atoms with Crippen molar-refractivity contribution >= 4 is 34.3 Å². The van der Waals surface area contributed by atoms with Gasteiger partial charge in [0.05, 0.1) is 27.0 Å². The number of piperazine rings is 1. The van der Waals surface area contributed by atoms with Crippen LogP contribution in [-0.4, -0.2) is 82.7 Å². The number of aromatic nitrogens is 2. The van der Waals surface area contributed by atoms with Gasteiger partial charge in [0, 0.05) is 63.7 Å². The molecule has 0 unspecified atom stereocenters. The lowest BCUT2D eigenvalue weighted by atomic mass is 9.95. The highest BCUT2D eigenvalue weighted by Gasteiger charge is 2.26. The Balaban J connectivity index is 0.973. The molecule has 0 spiro atoms. The summed E-state index contributed by atoms with van der Waals surface area (Å²) in [5, 5.41) is 14.8. The van der Waals surface area contributed by atoms with E-state index < -0.39 is 0 Å². The third kappa shape index (κ3) is 6.73. The highest BCUT2D eigenvalue weighted by Crippen LogP contribution is 2.39. The predicted octanol–water partition coefficient (Wildman–Crippen LogP) is 5.39. The van der Waals surface area contributed by atoms with E-state index in [4.69, 9.17) is 4.98 Å². The van der Waals surface area contributed by atoms with Crippen molar-refractivity contribution in [3.63, 3.8) is 0 Å². The van der Waals surface area contributed by atoms with Crippen LogP contribution in [-0.2, 0) is 0 Å². The van der Waals surface area contributed by atoms with Crippen molar-refractivity contribution in [2.45, 2.75) is 19.8 Å². The smallest absolute Gasteiger partial charge is 0.278 e. The third-order valence-electron chi connectivity index (χ3n) is 8.28. The fourth-order valence-corrected chi connectivity index (χ4v) is 6.07. The van der Waals surface area contributed by atoms with Crippen molar-refractivity contribution in [2.24, 2.45) is 4.99 Å². The summed E-state index contributed by atoms with van der Waals surface area (Å²) in [6.45, 7) is 10.0. The van der Waals surface area contributed by atoms with Crippen molar-refractivity contribution in [2.75, 3.05) is 57.7 Å². The Morgan fingerprint density at radius 2 is 1.67 bits per heavy atom. The molecular weight excluding hydrogens is 538 g/mol. The summed E-state index contributed by atoms with van der Waals surface area (Å²) in [7, 11) is 0. The van der Waals surface area contributed by atoms with E-state index in [0.717, 1.165) is 81.0 Å². The summed E-state index contributed by atoms with van der Waals surface area (Å²) >= 11 is 0. The van der Waals surface area contributed by atoms with E-state index in [-0.39, 0.29) is 10.6 Å². The van der Waals surface area contributed by atoms with Gasteiger partial charge >= 0.3 is 0 Å². The SMILES string of the molecule is Cc1cn2c(c(NCCCN3CCN(CCCN=Cc4ccccc4[N+](=O)[O-])CC3)nc3ccccc32)c1[C]1[CH][CH][CH][CH]1. The van der Waals surface area contributed by atoms with E-state index in [1.807, 2.05) is 6.07 Å². The van der Waals surface area contributed by atoms with Crippen LogP contribution in [0.2, 0.25) is 0 Å². The second kappa shape index (κ2) is 13.7. The Kier molecular flexibility index (Phi) is 9.29. The van der Waals surface area contributed by atoms with Gasteiger partial charge in [-0.2, -0.15) is 0 Å². The monoisotopic (exact) mass is 576 g/mol. The highest BCUT2D eigenvalue weighted by atomic mass is 16.6. The van der Waals surface area contributed by atoms with Gasteiger partial charge in [0.2, 0.25) is 0 Å². The van der Waals surface area contributed by atoms with Crippen LogP contribution in [0.25, 0.3) is 16.6 Å². The maximum Gasteiger partial charge on any atom is 0.278 e.